The topological polar surface area (TPSA) is 9.23 Å². The van der Waals surface area contributed by atoms with Crippen LogP contribution >= 0.6 is 0 Å². The van der Waals surface area contributed by atoms with Crippen molar-refractivity contribution in [3.05, 3.63) is 90.0 Å². The molecule has 0 radical (unpaired) electrons. The second-order valence-electron chi connectivity index (χ2n) is 6.65. The molecule has 162 valence electrons. The Morgan fingerprint density at radius 1 is 0.742 bits per heavy atom. The van der Waals surface area contributed by atoms with Gasteiger partial charge in [-0.15, -0.1) is 19.8 Å². The van der Waals surface area contributed by atoms with Crippen LogP contribution in [-0.2, 0) is 6.42 Å². The molecule has 0 aliphatic carbocycles. The molecule has 0 fully saturated rings. The molecule has 0 amide bonds. The minimum absolute atomic E-state index is 0.124. The molecule has 0 saturated heterocycles. The number of halogens is 7. The molecule has 3 rings (SSSR count). The van der Waals surface area contributed by atoms with Crippen LogP contribution in [0.5, 0.6) is 5.75 Å². The van der Waals surface area contributed by atoms with Gasteiger partial charge in [0.05, 0.1) is 0 Å². The Bertz CT molecular complexity index is 1100. The molecule has 0 aliphatic heterocycles. The van der Waals surface area contributed by atoms with Crippen LogP contribution in [0.2, 0.25) is 0 Å². The van der Waals surface area contributed by atoms with E-state index < -0.39 is 35.4 Å². The van der Waals surface area contributed by atoms with Crippen molar-refractivity contribution >= 4 is 0 Å². The van der Waals surface area contributed by atoms with Gasteiger partial charge in [0, 0.05) is 11.1 Å². The highest BCUT2D eigenvalue weighted by Crippen LogP contribution is 2.35. The molecule has 3 aromatic rings. The molecule has 0 unspecified atom stereocenters. The van der Waals surface area contributed by atoms with E-state index >= 15 is 0 Å². The number of rotatable bonds is 6. The van der Waals surface area contributed by atoms with Gasteiger partial charge in [-0.1, -0.05) is 30.3 Å². The summed E-state index contributed by atoms with van der Waals surface area (Å²) in [6, 6.07) is 9.05. The van der Waals surface area contributed by atoms with Crippen LogP contribution in [0, 0.1) is 23.3 Å². The van der Waals surface area contributed by atoms with Crippen LogP contribution in [-0.4, -0.2) is 6.36 Å². The fourth-order valence-electron chi connectivity index (χ4n) is 3.06. The first-order chi connectivity index (χ1) is 14.6. The zero-order valence-corrected chi connectivity index (χ0v) is 15.9. The van der Waals surface area contributed by atoms with Crippen molar-refractivity contribution in [3.63, 3.8) is 0 Å². The summed E-state index contributed by atoms with van der Waals surface area (Å²) in [4.78, 5) is 0. The molecular formula is C23H15F7O. The van der Waals surface area contributed by atoms with E-state index in [-0.39, 0.29) is 22.3 Å². The lowest BCUT2D eigenvalue weighted by molar-refractivity contribution is -0.276. The van der Waals surface area contributed by atoms with Gasteiger partial charge in [-0.2, -0.15) is 0 Å². The Balaban J connectivity index is 1.94. The molecule has 1 nitrogen and oxygen atoms in total. The van der Waals surface area contributed by atoms with Gasteiger partial charge in [-0.3, -0.25) is 0 Å². The van der Waals surface area contributed by atoms with Crippen LogP contribution in [0.3, 0.4) is 0 Å². The molecule has 31 heavy (non-hydrogen) atoms. The highest BCUT2D eigenvalue weighted by Gasteiger charge is 2.34. The quantitative estimate of drug-likeness (QED) is 0.283. The molecule has 3 aromatic carbocycles. The van der Waals surface area contributed by atoms with Crippen molar-refractivity contribution < 1.29 is 35.5 Å². The number of alkyl halides is 3. The van der Waals surface area contributed by atoms with E-state index in [9.17, 15) is 30.7 Å². The zero-order valence-electron chi connectivity index (χ0n) is 15.9. The third-order valence-corrected chi connectivity index (χ3v) is 4.48. The van der Waals surface area contributed by atoms with Gasteiger partial charge in [0.2, 0.25) is 5.75 Å². The Kier molecular flexibility index (Phi) is 6.38. The van der Waals surface area contributed by atoms with Crippen LogP contribution in [0.25, 0.3) is 22.3 Å². The summed E-state index contributed by atoms with van der Waals surface area (Å²) < 4.78 is 97.1. The van der Waals surface area contributed by atoms with Gasteiger partial charge in [0.15, 0.2) is 11.6 Å². The minimum atomic E-state index is -5.29. The van der Waals surface area contributed by atoms with Gasteiger partial charge in [0.1, 0.15) is 11.6 Å². The summed E-state index contributed by atoms with van der Waals surface area (Å²) in [6.45, 7) is 3.60. The summed E-state index contributed by atoms with van der Waals surface area (Å²) in [5.74, 6) is -6.42. The third kappa shape index (κ3) is 5.25. The number of benzene rings is 3. The highest BCUT2D eigenvalue weighted by molar-refractivity contribution is 5.72. The number of aryl methyl sites for hydroxylation is 1. The lowest BCUT2D eigenvalue weighted by Crippen LogP contribution is -2.19. The second-order valence-corrected chi connectivity index (χ2v) is 6.65. The number of hydrogen-bond donors (Lipinski definition) is 0. The summed E-state index contributed by atoms with van der Waals surface area (Å²) in [7, 11) is 0. The molecule has 0 bridgehead atoms. The van der Waals surface area contributed by atoms with Gasteiger partial charge in [-0.25, -0.2) is 17.6 Å². The Morgan fingerprint density at radius 3 is 1.84 bits per heavy atom. The van der Waals surface area contributed by atoms with Gasteiger partial charge < -0.3 is 4.74 Å². The summed E-state index contributed by atoms with van der Waals surface area (Å²) in [6.07, 6.45) is -2.32. The second kappa shape index (κ2) is 8.83. The molecule has 8 heteroatoms. The number of ether oxygens (including phenoxy) is 1. The first-order valence-electron chi connectivity index (χ1n) is 9.03. The standard InChI is InChI=1S/C23H15F7O/c1-2-3-4-13-5-7-16(18(24)9-13)14-6-8-17(19(25)10-14)15-11-20(26)22(21(27)12-15)31-23(28,29)30/h2,5-12H,1,3-4H2. The van der Waals surface area contributed by atoms with E-state index in [0.29, 0.717) is 25.0 Å². The molecule has 0 spiro atoms. The van der Waals surface area contributed by atoms with Crippen LogP contribution in [0.1, 0.15) is 12.0 Å². The first kappa shape index (κ1) is 22.4. The lowest BCUT2D eigenvalue weighted by Gasteiger charge is -2.13. The maximum absolute atomic E-state index is 14.6. The van der Waals surface area contributed by atoms with Crippen molar-refractivity contribution in [2.75, 3.05) is 0 Å². The Hall–Kier alpha value is -3.29. The van der Waals surface area contributed by atoms with E-state index in [4.69, 9.17) is 0 Å². The fraction of sp³-hybridized carbons (Fsp3) is 0.130. The van der Waals surface area contributed by atoms with E-state index in [1.807, 2.05) is 0 Å². The summed E-state index contributed by atoms with van der Waals surface area (Å²) in [5.41, 5.74) is 0.438. The van der Waals surface area contributed by atoms with Crippen LogP contribution in [0.15, 0.2) is 61.2 Å². The zero-order chi connectivity index (χ0) is 22.8. The van der Waals surface area contributed by atoms with E-state index in [1.165, 1.54) is 18.2 Å². The fourth-order valence-corrected chi connectivity index (χ4v) is 3.06. The SMILES string of the molecule is C=CCCc1ccc(-c2ccc(-c3cc(F)c(OC(F)(F)F)c(F)c3)c(F)c2)c(F)c1. The van der Waals surface area contributed by atoms with E-state index in [2.05, 4.69) is 11.3 Å². The average molecular weight is 440 g/mol. The molecule has 0 saturated carbocycles. The van der Waals surface area contributed by atoms with E-state index in [0.717, 1.165) is 17.7 Å². The minimum Gasteiger partial charge on any atom is -0.399 e. The first-order valence-corrected chi connectivity index (χ1v) is 9.03. The molecular weight excluding hydrogens is 425 g/mol. The van der Waals surface area contributed by atoms with Crippen molar-refractivity contribution in [2.24, 2.45) is 0 Å². The highest BCUT2D eigenvalue weighted by atomic mass is 19.4. The normalized spacial score (nSPS) is 11.5. The molecule has 0 N–H and O–H groups in total. The predicted octanol–water partition coefficient (Wildman–Crippen LogP) is 7.59. The lowest BCUT2D eigenvalue weighted by atomic mass is 9.97. The van der Waals surface area contributed by atoms with Crippen molar-refractivity contribution in [2.45, 2.75) is 19.2 Å². The molecule has 0 aliphatic rings. The summed E-state index contributed by atoms with van der Waals surface area (Å²) in [5, 5.41) is 0. The largest absolute Gasteiger partial charge is 0.573 e. The van der Waals surface area contributed by atoms with Crippen molar-refractivity contribution in [1.82, 2.24) is 0 Å². The number of hydrogen-bond acceptors (Lipinski definition) is 1. The monoisotopic (exact) mass is 440 g/mol. The average Bonchev–Trinajstić information content (AvgIpc) is 2.68. The summed E-state index contributed by atoms with van der Waals surface area (Å²) >= 11 is 0. The van der Waals surface area contributed by atoms with Crippen LogP contribution < -0.4 is 4.74 Å². The maximum atomic E-state index is 14.6. The molecule has 0 atom stereocenters. The Labute approximate surface area is 173 Å². The third-order valence-electron chi connectivity index (χ3n) is 4.48. The molecule has 0 heterocycles. The van der Waals surface area contributed by atoms with Gasteiger partial charge >= 0.3 is 6.36 Å². The van der Waals surface area contributed by atoms with Gasteiger partial charge in [-0.05, 0) is 53.8 Å². The van der Waals surface area contributed by atoms with Crippen molar-refractivity contribution in [1.29, 1.82) is 0 Å². The van der Waals surface area contributed by atoms with Crippen molar-refractivity contribution in [3.8, 4) is 28.0 Å². The predicted molar refractivity (Wildman–Crippen MR) is 102 cm³/mol. The Morgan fingerprint density at radius 2 is 1.29 bits per heavy atom. The maximum Gasteiger partial charge on any atom is 0.573 e. The smallest absolute Gasteiger partial charge is 0.399 e. The van der Waals surface area contributed by atoms with Crippen LogP contribution in [0.4, 0.5) is 30.7 Å². The number of allylic oxidation sites excluding steroid dienone is 1. The van der Waals surface area contributed by atoms with Gasteiger partial charge in [0.25, 0.3) is 0 Å². The molecule has 0 aromatic heterocycles. The van der Waals surface area contributed by atoms with E-state index in [1.54, 1.807) is 12.1 Å².